The Hall–Kier alpha value is -3.43. The molecule has 33 heavy (non-hydrogen) atoms. The number of methoxy groups -OCH3 is 3. The number of carbonyl (C=O) groups excluding carboxylic acids is 1. The van der Waals surface area contributed by atoms with E-state index in [0.29, 0.717) is 29.4 Å². The third kappa shape index (κ3) is 6.77. The molecule has 1 amide bonds. The second-order valence-electron chi connectivity index (χ2n) is 7.05. The maximum atomic E-state index is 13.2. The number of hydrogen-bond acceptors (Lipinski definition) is 7. The van der Waals surface area contributed by atoms with Gasteiger partial charge >= 0.3 is 0 Å². The Kier molecular flexibility index (Phi) is 8.39. The lowest BCUT2D eigenvalue weighted by Gasteiger charge is -2.15. The predicted octanol–water partition coefficient (Wildman–Crippen LogP) is 5.14. The number of ether oxygens (including phenoxy) is 4. The molecule has 3 rings (SSSR count). The number of rotatable bonds is 10. The molecule has 0 aliphatic heterocycles. The van der Waals surface area contributed by atoms with Crippen LogP contribution in [0.25, 0.3) is 12.2 Å². The van der Waals surface area contributed by atoms with Crippen molar-refractivity contribution in [3.05, 3.63) is 64.4 Å². The van der Waals surface area contributed by atoms with Crippen LogP contribution in [0.4, 0.5) is 9.52 Å². The Morgan fingerprint density at radius 1 is 1.09 bits per heavy atom. The van der Waals surface area contributed by atoms with E-state index in [1.54, 1.807) is 33.5 Å². The average Bonchev–Trinajstić information content (AvgIpc) is 3.21. The van der Waals surface area contributed by atoms with Crippen molar-refractivity contribution < 1.29 is 28.1 Å². The van der Waals surface area contributed by atoms with Gasteiger partial charge in [-0.15, -0.1) is 0 Å². The number of nitrogens with zero attached hydrogens (tertiary/aromatic N) is 1. The molecule has 0 saturated heterocycles. The van der Waals surface area contributed by atoms with Crippen molar-refractivity contribution in [2.45, 2.75) is 13.0 Å². The van der Waals surface area contributed by atoms with Crippen molar-refractivity contribution in [1.82, 2.24) is 4.98 Å². The first-order chi connectivity index (χ1) is 15.9. The lowest BCUT2D eigenvalue weighted by atomic mass is 10.1. The zero-order valence-corrected chi connectivity index (χ0v) is 19.6. The highest BCUT2D eigenvalue weighted by molar-refractivity contribution is 7.14. The fourth-order valence-corrected chi connectivity index (χ4v) is 3.59. The van der Waals surface area contributed by atoms with Crippen molar-refractivity contribution in [3.63, 3.8) is 0 Å². The minimum atomic E-state index is -0.477. The summed E-state index contributed by atoms with van der Waals surface area (Å²) in [4.78, 5) is 16.6. The summed E-state index contributed by atoms with van der Waals surface area (Å²) >= 11 is 0.757. The molecule has 9 heteroatoms. The van der Waals surface area contributed by atoms with Crippen molar-refractivity contribution in [2.75, 3.05) is 33.3 Å². The van der Waals surface area contributed by atoms with Gasteiger partial charge in [-0.05, 0) is 48.4 Å². The van der Waals surface area contributed by atoms with Gasteiger partial charge in [-0.25, -0.2) is 4.98 Å². The Balaban J connectivity index is 1.89. The minimum absolute atomic E-state index is 0.180. The second-order valence-corrected chi connectivity index (χ2v) is 8.03. The Morgan fingerprint density at radius 2 is 1.85 bits per heavy atom. The fraction of sp³-hybridized carbons (Fsp3) is 0.250. The standard InChI is InChI=1S/C24H25FN2O5S/c1-15(14-29-2)32-19-10-17(6-5-16-7-8-20(30-3)21(11-16)31-4)9-18(12-19)23(28)27-24-26-13-22(25)33-24/h5-13,15H,14H2,1-4H3,(H,26,27,28)/t15-/m0/s1. The van der Waals surface area contributed by atoms with E-state index in [1.165, 1.54) is 0 Å². The number of thiazole rings is 1. The zero-order chi connectivity index (χ0) is 23.8. The Labute approximate surface area is 195 Å². The molecule has 2 aromatic carbocycles. The van der Waals surface area contributed by atoms with Gasteiger partial charge in [0.25, 0.3) is 5.91 Å². The molecule has 0 unspecified atom stereocenters. The highest BCUT2D eigenvalue weighted by atomic mass is 32.1. The quantitative estimate of drug-likeness (QED) is 0.412. The summed E-state index contributed by atoms with van der Waals surface area (Å²) < 4.78 is 34.9. The van der Waals surface area contributed by atoms with Gasteiger partial charge in [0, 0.05) is 12.7 Å². The first-order valence-corrected chi connectivity index (χ1v) is 10.9. The maximum absolute atomic E-state index is 13.2. The number of halogens is 1. The highest BCUT2D eigenvalue weighted by Gasteiger charge is 2.13. The lowest BCUT2D eigenvalue weighted by molar-refractivity contribution is 0.0917. The third-order valence-electron chi connectivity index (χ3n) is 4.50. The van der Waals surface area contributed by atoms with Crippen LogP contribution in [-0.4, -0.2) is 44.9 Å². The van der Waals surface area contributed by atoms with Crippen molar-refractivity contribution >= 4 is 34.5 Å². The molecule has 0 fully saturated rings. The van der Waals surface area contributed by atoms with Crippen LogP contribution in [-0.2, 0) is 4.74 Å². The summed E-state index contributed by atoms with van der Waals surface area (Å²) in [7, 11) is 4.75. The third-order valence-corrected chi connectivity index (χ3v) is 5.20. The predicted molar refractivity (Wildman–Crippen MR) is 127 cm³/mol. The molecule has 0 saturated carbocycles. The molecular weight excluding hydrogens is 447 g/mol. The van der Waals surface area contributed by atoms with Crippen LogP contribution in [0.2, 0.25) is 0 Å². The summed E-state index contributed by atoms with van der Waals surface area (Å²) in [5.41, 5.74) is 1.97. The smallest absolute Gasteiger partial charge is 0.257 e. The van der Waals surface area contributed by atoms with Gasteiger partial charge in [-0.2, -0.15) is 4.39 Å². The molecular formula is C24H25FN2O5S. The molecule has 7 nitrogen and oxygen atoms in total. The molecule has 0 aliphatic carbocycles. The van der Waals surface area contributed by atoms with Crippen LogP contribution in [0.3, 0.4) is 0 Å². The summed E-state index contributed by atoms with van der Waals surface area (Å²) in [5.74, 6) is 1.33. The summed E-state index contributed by atoms with van der Waals surface area (Å²) in [6.07, 6.45) is 4.58. The van der Waals surface area contributed by atoms with Crippen molar-refractivity contribution in [2.24, 2.45) is 0 Å². The number of hydrogen-bond donors (Lipinski definition) is 1. The van der Waals surface area contributed by atoms with Gasteiger partial charge in [0.1, 0.15) is 11.9 Å². The van der Waals surface area contributed by atoms with Gasteiger partial charge in [-0.3, -0.25) is 10.1 Å². The first kappa shape index (κ1) is 24.2. The molecule has 1 atom stereocenters. The average molecular weight is 473 g/mol. The van der Waals surface area contributed by atoms with Gasteiger partial charge in [-0.1, -0.05) is 29.6 Å². The number of carbonyl (C=O) groups is 1. The number of benzene rings is 2. The van der Waals surface area contributed by atoms with E-state index in [1.807, 2.05) is 43.3 Å². The van der Waals surface area contributed by atoms with Crippen LogP contribution >= 0.6 is 11.3 Å². The molecule has 3 aromatic rings. The molecule has 1 aromatic heterocycles. The Morgan fingerprint density at radius 3 is 2.52 bits per heavy atom. The van der Waals surface area contributed by atoms with Crippen LogP contribution in [0, 0.1) is 5.13 Å². The number of amides is 1. The van der Waals surface area contributed by atoms with E-state index in [2.05, 4.69) is 10.3 Å². The van der Waals surface area contributed by atoms with E-state index in [9.17, 15) is 9.18 Å². The van der Waals surface area contributed by atoms with Gasteiger partial charge < -0.3 is 18.9 Å². The molecule has 0 radical (unpaired) electrons. The topological polar surface area (TPSA) is 78.9 Å². The minimum Gasteiger partial charge on any atom is -0.493 e. The highest BCUT2D eigenvalue weighted by Crippen LogP contribution is 2.29. The fourth-order valence-electron chi connectivity index (χ4n) is 3.05. The SMILES string of the molecule is COC[C@H](C)Oc1cc(C=Cc2ccc(OC)c(OC)c2)cc(C(=O)Nc2ncc(F)s2)c1. The van der Waals surface area contributed by atoms with E-state index in [-0.39, 0.29) is 11.2 Å². The molecule has 0 spiro atoms. The zero-order valence-electron chi connectivity index (χ0n) is 18.8. The number of aromatic nitrogens is 1. The van der Waals surface area contributed by atoms with Crippen LogP contribution in [0.15, 0.2) is 42.6 Å². The Bertz CT molecular complexity index is 1130. The van der Waals surface area contributed by atoms with Crippen LogP contribution < -0.4 is 19.5 Å². The van der Waals surface area contributed by atoms with E-state index < -0.39 is 11.0 Å². The molecule has 174 valence electrons. The maximum Gasteiger partial charge on any atom is 0.257 e. The van der Waals surface area contributed by atoms with Gasteiger partial charge in [0.05, 0.1) is 27.0 Å². The van der Waals surface area contributed by atoms with E-state index >= 15 is 0 Å². The summed E-state index contributed by atoms with van der Waals surface area (Å²) in [6, 6.07) is 10.7. The van der Waals surface area contributed by atoms with Crippen molar-refractivity contribution in [1.29, 1.82) is 0 Å². The normalized spacial score (nSPS) is 11.9. The van der Waals surface area contributed by atoms with Gasteiger partial charge in [0.15, 0.2) is 21.8 Å². The molecule has 1 N–H and O–H groups in total. The second kappa shape index (κ2) is 11.4. The summed E-state index contributed by atoms with van der Waals surface area (Å²) in [6.45, 7) is 2.26. The number of anilines is 1. The van der Waals surface area contributed by atoms with Crippen LogP contribution in [0.1, 0.15) is 28.4 Å². The molecule has 0 bridgehead atoms. The first-order valence-electron chi connectivity index (χ1n) is 10.0. The van der Waals surface area contributed by atoms with Gasteiger partial charge in [0.2, 0.25) is 0 Å². The molecule has 0 aliphatic rings. The molecule has 1 heterocycles. The summed E-state index contributed by atoms with van der Waals surface area (Å²) in [5, 5.41) is 2.31. The largest absolute Gasteiger partial charge is 0.493 e. The van der Waals surface area contributed by atoms with Crippen molar-refractivity contribution in [3.8, 4) is 17.2 Å². The van der Waals surface area contributed by atoms with Crippen LogP contribution in [0.5, 0.6) is 17.2 Å². The lowest BCUT2D eigenvalue weighted by Crippen LogP contribution is -2.18. The van der Waals surface area contributed by atoms with E-state index in [0.717, 1.165) is 28.7 Å². The monoisotopic (exact) mass is 472 g/mol. The van der Waals surface area contributed by atoms with E-state index in [4.69, 9.17) is 18.9 Å². The number of nitrogens with one attached hydrogen (secondary N) is 1.